The number of ether oxygens (including phenoxy) is 1. The van der Waals surface area contributed by atoms with Crippen molar-refractivity contribution < 1.29 is 23.1 Å². The number of hydrogen-bond donors (Lipinski definition) is 2. The number of aliphatic hydroxyl groups excluding tert-OH is 1. The summed E-state index contributed by atoms with van der Waals surface area (Å²) in [4.78, 5) is 12.0. The van der Waals surface area contributed by atoms with E-state index in [1.165, 1.54) is 0 Å². The largest absolute Gasteiger partial charge is 0.445 e. The lowest BCUT2D eigenvalue weighted by Crippen LogP contribution is -2.44. The maximum absolute atomic E-state index is 12.0. The van der Waals surface area contributed by atoms with E-state index in [2.05, 4.69) is 5.32 Å². The van der Waals surface area contributed by atoms with Gasteiger partial charge in [0.1, 0.15) is 22.5 Å². The summed E-state index contributed by atoms with van der Waals surface area (Å²) in [6.45, 7) is 0.0553. The minimum absolute atomic E-state index is 0.0553. The van der Waals surface area contributed by atoms with Crippen molar-refractivity contribution in [1.29, 1.82) is 0 Å². The van der Waals surface area contributed by atoms with Gasteiger partial charge in [0.15, 0.2) is 0 Å². The highest BCUT2D eigenvalue weighted by molar-refractivity contribution is 7.90. The van der Waals surface area contributed by atoms with Crippen molar-refractivity contribution in [3.8, 4) is 0 Å². The van der Waals surface area contributed by atoms with Crippen LogP contribution in [-0.4, -0.2) is 37.7 Å². The Labute approximate surface area is 147 Å². The lowest BCUT2D eigenvalue weighted by atomic mass is 10.0. The first-order chi connectivity index (χ1) is 11.8. The molecule has 7 heteroatoms. The summed E-state index contributed by atoms with van der Waals surface area (Å²) < 4.78 is 28.4. The average molecular weight is 363 g/mol. The number of alkyl carbamates (subject to hydrolysis) is 1. The lowest BCUT2D eigenvalue weighted by molar-refractivity contribution is 0.107. The van der Waals surface area contributed by atoms with E-state index in [-0.39, 0.29) is 6.61 Å². The summed E-state index contributed by atoms with van der Waals surface area (Å²) in [6.07, 6.45) is -0.901. The second-order valence-electron chi connectivity index (χ2n) is 5.76. The molecule has 1 amide bonds. The summed E-state index contributed by atoms with van der Waals surface area (Å²) >= 11 is 0. The third kappa shape index (κ3) is 6.56. The van der Waals surface area contributed by atoms with Crippen LogP contribution in [0.5, 0.6) is 0 Å². The summed E-state index contributed by atoms with van der Waals surface area (Å²) in [5.41, 5.74) is 1.32. The van der Waals surface area contributed by atoms with Gasteiger partial charge in [-0.2, -0.15) is 0 Å². The molecular formula is C18H21NO5S. The molecule has 2 aromatic rings. The molecule has 6 nitrogen and oxygen atoms in total. The topological polar surface area (TPSA) is 92.7 Å². The van der Waals surface area contributed by atoms with Gasteiger partial charge in [-0.05, 0) is 11.1 Å². The quantitative estimate of drug-likeness (QED) is 0.785. The van der Waals surface area contributed by atoms with Gasteiger partial charge in [0, 0.05) is 6.26 Å². The predicted octanol–water partition coefficient (Wildman–Crippen LogP) is 2.06. The van der Waals surface area contributed by atoms with Gasteiger partial charge in [0.05, 0.1) is 11.8 Å². The number of amides is 1. The molecule has 0 aliphatic heterocycles. The normalized spacial score (nSPS) is 13.7. The van der Waals surface area contributed by atoms with Gasteiger partial charge in [-0.3, -0.25) is 0 Å². The number of sulfone groups is 1. The summed E-state index contributed by atoms with van der Waals surface area (Å²) in [7, 11) is -3.42. The Balaban J connectivity index is 2.03. The Morgan fingerprint density at radius 1 is 1.08 bits per heavy atom. The fourth-order valence-electron chi connectivity index (χ4n) is 2.34. The van der Waals surface area contributed by atoms with Gasteiger partial charge in [-0.1, -0.05) is 60.7 Å². The van der Waals surface area contributed by atoms with E-state index in [1.807, 2.05) is 18.2 Å². The second kappa shape index (κ2) is 8.64. The minimum atomic E-state index is -3.42. The number of carbonyl (C=O) groups excluding carboxylic acids is 1. The van der Waals surface area contributed by atoms with Crippen molar-refractivity contribution in [3.63, 3.8) is 0 Å². The van der Waals surface area contributed by atoms with Gasteiger partial charge < -0.3 is 15.2 Å². The zero-order valence-electron chi connectivity index (χ0n) is 13.8. The van der Waals surface area contributed by atoms with Crippen molar-refractivity contribution in [2.75, 3.05) is 12.0 Å². The van der Waals surface area contributed by atoms with E-state index < -0.39 is 33.8 Å². The third-order valence-corrected chi connectivity index (χ3v) is 4.49. The highest BCUT2D eigenvalue weighted by Crippen LogP contribution is 2.18. The number of nitrogens with one attached hydrogen (secondary N) is 1. The van der Waals surface area contributed by atoms with Crippen LogP contribution >= 0.6 is 0 Å². The molecule has 0 aliphatic rings. The van der Waals surface area contributed by atoms with Gasteiger partial charge in [0.25, 0.3) is 0 Å². The molecule has 0 saturated heterocycles. The van der Waals surface area contributed by atoms with Crippen molar-refractivity contribution in [2.24, 2.45) is 0 Å². The molecule has 2 aromatic carbocycles. The van der Waals surface area contributed by atoms with Crippen LogP contribution in [0.25, 0.3) is 0 Å². The Morgan fingerprint density at radius 2 is 1.64 bits per heavy atom. The molecule has 2 unspecified atom stereocenters. The summed E-state index contributed by atoms with van der Waals surface area (Å²) in [5.74, 6) is -0.399. The fourth-order valence-corrected chi connectivity index (χ4v) is 3.25. The van der Waals surface area contributed by atoms with E-state index in [0.717, 1.165) is 11.8 Å². The Kier molecular flexibility index (Phi) is 6.55. The first-order valence-electron chi connectivity index (χ1n) is 7.73. The summed E-state index contributed by atoms with van der Waals surface area (Å²) in [5, 5.41) is 12.9. The zero-order valence-corrected chi connectivity index (χ0v) is 14.6. The average Bonchev–Trinajstić information content (AvgIpc) is 2.59. The van der Waals surface area contributed by atoms with Crippen LogP contribution in [0, 0.1) is 0 Å². The van der Waals surface area contributed by atoms with Crippen LogP contribution in [0.2, 0.25) is 0 Å². The molecule has 0 saturated carbocycles. The second-order valence-corrected chi connectivity index (χ2v) is 7.95. The maximum atomic E-state index is 12.0. The first-order valence-corrected chi connectivity index (χ1v) is 9.79. The van der Waals surface area contributed by atoms with Crippen molar-refractivity contribution in [2.45, 2.75) is 18.8 Å². The number of benzene rings is 2. The molecule has 2 atom stereocenters. The Morgan fingerprint density at radius 3 is 2.20 bits per heavy atom. The van der Waals surface area contributed by atoms with E-state index in [1.54, 1.807) is 42.5 Å². The maximum Gasteiger partial charge on any atom is 0.407 e. The van der Waals surface area contributed by atoms with E-state index >= 15 is 0 Å². The first kappa shape index (κ1) is 19.0. The molecule has 0 heterocycles. The van der Waals surface area contributed by atoms with Gasteiger partial charge in [-0.25, -0.2) is 13.2 Å². The van der Waals surface area contributed by atoms with Crippen LogP contribution in [0.15, 0.2) is 60.7 Å². The van der Waals surface area contributed by atoms with E-state index in [4.69, 9.17) is 4.74 Å². The zero-order chi connectivity index (χ0) is 18.3. The molecule has 134 valence electrons. The van der Waals surface area contributed by atoms with Crippen LogP contribution in [0.4, 0.5) is 4.79 Å². The van der Waals surface area contributed by atoms with Crippen molar-refractivity contribution in [3.05, 3.63) is 71.8 Å². The molecule has 25 heavy (non-hydrogen) atoms. The molecule has 2 N–H and O–H groups in total. The number of rotatable bonds is 7. The van der Waals surface area contributed by atoms with E-state index in [9.17, 15) is 18.3 Å². The number of hydrogen-bond acceptors (Lipinski definition) is 5. The molecular weight excluding hydrogens is 342 g/mol. The molecule has 0 spiro atoms. The highest BCUT2D eigenvalue weighted by Gasteiger charge is 2.27. The standard InChI is InChI=1S/C18H21NO5S/c1-25(22,23)13-16(17(20)15-10-6-3-7-11-15)19-18(21)24-12-14-8-4-2-5-9-14/h2-11,16-17,20H,12-13H2,1H3,(H,19,21). The Bertz CT molecular complexity index is 778. The number of carbonyl (C=O) groups is 1. The van der Waals surface area contributed by atoms with Crippen LogP contribution in [0.3, 0.4) is 0 Å². The molecule has 0 bridgehead atoms. The molecule has 0 aliphatic carbocycles. The van der Waals surface area contributed by atoms with Crippen LogP contribution in [-0.2, 0) is 21.2 Å². The van der Waals surface area contributed by atoms with Gasteiger partial charge in [0.2, 0.25) is 0 Å². The molecule has 0 aromatic heterocycles. The monoisotopic (exact) mass is 363 g/mol. The van der Waals surface area contributed by atoms with Gasteiger partial charge >= 0.3 is 6.09 Å². The SMILES string of the molecule is CS(=O)(=O)CC(NC(=O)OCc1ccccc1)C(O)c1ccccc1. The van der Waals surface area contributed by atoms with Crippen LogP contribution < -0.4 is 5.32 Å². The van der Waals surface area contributed by atoms with Crippen LogP contribution in [0.1, 0.15) is 17.2 Å². The van der Waals surface area contributed by atoms with Crippen molar-refractivity contribution >= 4 is 15.9 Å². The van der Waals surface area contributed by atoms with Crippen molar-refractivity contribution in [1.82, 2.24) is 5.32 Å². The number of aliphatic hydroxyl groups is 1. The Hall–Kier alpha value is -2.38. The molecule has 0 fully saturated rings. The lowest BCUT2D eigenvalue weighted by Gasteiger charge is -2.23. The molecule has 2 rings (SSSR count). The minimum Gasteiger partial charge on any atom is -0.445 e. The van der Waals surface area contributed by atoms with Gasteiger partial charge in [-0.15, -0.1) is 0 Å². The highest BCUT2D eigenvalue weighted by atomic mass is 32.2. The third-order valence-electron chi connectivity index (χ3n) is 3.52. The predicted molar refractivity (Wildman–Crippen MR) is 94.7 cm³/mol. The van der Waals surface area contributed by atoms with E-state index in [0.29, 0.717) is 5.56 Å². The summed E-state index contributed by atoms with van der Waals surface area (Å²) in [6, 6.07) is 16.7. The smallest absolute Gasteiger partial charge is 0.407 e. The molecule has 0 radical (unpaired) electrons. The fraction of sp³-hybridized carbons (Fsp3) is 0.278.